The fourth-order valence-electron chi connectivity index (χ4n) is 4.26. The van der Waals surface area contributed by atoms with Gasteiger partial charge in [0.1, 0.15) is 5.75 Å². The minimum absolute atomic E-state index is 0.0493. The van der Waals surface area contributed by atoms with Crippen LogP contribution in [0.4, 0.5) is 5.69 Å². The number of carbonyl (C=O) groups excluding carboxylic acids is 2. The molecule has 1 amide bonds. The summed E-state index contributed by atoms with van der Waals surface area (Å²) in [5.74, 6) is 0.406. The van der Waals surface area contributed by atoms with E-state index in [2.05, 4.69) is 39.1 Å². The normalized spacial score (nSPS) is 12.2. The number of ether oxygens (including phenoxy) is 2. The summed E-state index contributed by atoms with van der Waals surface area (Å²) in [6.07, 6.45) is 4.56. The second-order valence-electron chi connectivity index (χ2n) is 9.64. The van der Waals surface area contributed by atoms with Gasteiger partial charge in [-0.15, -0.1) is 0 Å². The Morgan fingerprint density at radius 1 is 1.06 bits per heavy atom. The van der Waals surface area contributed by atoms with Crippen molar-refractivity contribution in [3.63, 3.8) is 0 Å². The van der Waals surface area contributed by atoms with Crippen LogP contribution in [-0.4, -0.2) is 26.1 Å². The maximum atomic E-state index is 13.3. The smallest absolute Gasteiger partial charge is 0.337 e. The lowest BCUT2D eigenvalue weighted by Crippen LogP contribution is -2.21. The van der Waals surface area contributed by atoms with E-state index in [9.17, 15) is 9.59 Å². The molecule has 0 saturated heterocycles. The van der Waals surface area contributed by atoms with Gasteiger partial charge in [0.05, 0.1) is 19.8 Å². The number of anilines is 1. The fraction of sp³-hybridized carbons (Fsp3) is 0.500. The van der Waals surface area contributed by atoms with Crippen LogP contribution < -0.4 is 10.1 Å². The van der Waals surface area contributed by atoms with Crippen LogP contribution in [0.2, 0.25) is 0 Å². The first-order valence-corrected chi connectivity index (χ1v) is 11.8. The molecule has 0 aliphatic carbocycles. The van der Waals surface area contributed by atoms with Crippen LogP contribution in [-0.2, 0) is 14.9 Å². The molecule has 180 valence electrons. The Balaban J connectivity index is 2.35. The first kappa shape index (κ1) is 26.4. The van der Waals surface area contributed by atoms with Crippen LogP contribution in [0, 0.1) is 6.92 Å². The molecule has 2 rings (SSSR count). The van der Waals surface area contributed by atoms with E-state index in [1.807, 2.05) is 25.1 Å². The minimum Gasteiger partial charge on any atom is -0.496 e. The van der Waals surface area contributed by atoms with Gasteiger partial charge in [-0.3, -0.25) is 4.79 Å². The molecule has 33 heavy (non-hydrogen) atoms. The van der Waals surface area contributed by atoms with Gasteiger partial charge in [0, 0.05) is 12.1 Å². The SMILES string of the molecule is CCCCCC(CC(=O)Nc1cc(C(=O)OC)ccc1C(C)(C)C)c1cccc(C)c1OC. The molecule has 0 spiro atoms. The molecular weight excluding hydrogens is 414 g/mol. The van der Waals surface area contributed by atoms with Crippen molar-refractivity contribution in [3.05, 3.63) is 58.7 Å². The first-order valence-electron chi connectivity index (χ1n) is 11.8. The monoisotopic (exact) mass is 453 g/mol. The van der Waals surface area contributed by atoms with Crippen molar-refractivity contribution < 1.29 is 19.1 Å². The summed E-state index contributed by atoms with van der Waals surface area (Å²) >= 11 is 0. The van der Waals surface area contributed by atoms with Crippen LogP contribution >= 0.6 is 0 Å². The number of hydrogen-bond donors (Lipinski definition) is 1. The van der Waals surface area contributed by atoms with Gasteiger partial charge in [-0.05, 0) is 53.5 Å². The van der Waals surface area contributed by atoms with Crippen molar-refractivity contribution >= 4 is 17.6 Å². The first-order chi connectivity index (χ1) is 15.6. The van der Waals surface area contributed by atoms with Gasteiger partial charge in [-0.1, -0.05) is 71.2 Å². The van der Waals surface area contributed by atoms with Gasteiger partial charge in [-0.2, -0.15) is 0 Å². The molecule has 0 aliphatic heterocycles. The maximum absolute atomic E-state index is 13.3. The standard InChI is InChI=1S/C28H39NO4/c1-8-9-10-13-20(22-14-11-12-19(2)26(22)32-6)18-25(30)29-24-17-21(27(31)33-7)15-16-23(24)28(3,4)5/h11-12,14-17,20H,8-10,13,18H2,1-7H3,(H,29,30). The lowest BCUT2D eigenvalue weighted by Gasteiger charge is -2.25. The quantitative estimate of drug-likeness (QED) is 0.318. The molecule has 0 heterocycles. The molecular formula is C28H39NO4. The molecule has 0 aliphatic rings. The highest BCUT2D eigenvalue weighted by Gasteiger charge is 2.24. The van der Waals surface area contributed by atoms with Gasteiger partial charge in [0.25, 0.3) is 0 Å². The summed E-state index contributed by atoms with van der Waals surface area (Å²) in [6, 6.07) is 11.5. The van der Waals surface area contributed by atoms with E-state index in [0.717, 1.165) is 48.1 Å². The predicted molar refractivity (Wildman–Crippen MR) is 134 cm³/mol. The molecule has 1 atom stereocenters. The minimum atomic E-state index is -0.423. The van der Waals surface area contributed by atoms with Crippen molar-refractivity contribution in [1.82, 2.24) is 0 Å². The molecule has 1 N–H and O–H groups in total. The molecule has 0 aromatic heterocycles. The molecule has 0 bridgehead atoms. The van der Waals surface area contributed by atoms with E-state index in [-0.39, 0.29) is 17.2 Å². The highest BCUT2D eigenvalue weighted by Crippen LogP contribution is 2.36. The molecule has 0 saturated carbocycles. The van der Waals surface area contributed by atoms with Crippen LogP contribution in [0.25, 0.3) is 0 Å². The molecule has 0 radical (unpaired) electrons. The number of carbonyl (C=O) groups is 2. The van der Waals surface area contributed by atoms with E-state index in [1.54, 1.807) is 19.2 Å². The summed E-state index contributed by atoms with van der Waals surface area (Å²) < 4.78 is 10.6. The predicted octanol–water partition coefficient (Wildman–Crippen LogP) is 6.78. The number of aryl methyl sites for hydroxylation is 1. The average Bonchev–Trinajstić information content (AvgIpc) is 2.77. The van der Waals surface area contributed by atoms with E-state index < -0.39 is 5.97 Å². The Morgan fingerprint density at radius 2 is 1.79 bits per heavy atom. The number of esters is 1. The second-order valence-corrected chi connectivity index (χ2v) is 9.64. The molecule has 0 fully saturated rings. The summed E-state index contributed by atoms with van der Waals surface area (Å²) in [4.78, 5) is 25.4. The summed E-state index contributed by atoms with van der Waals surface area (Å²) in [5.41, 5.74) is 3.98. The lowest BCUT2D eigenvalue weighted by molar-refractivity contribution is -0.116. The number of unbranched alkanes of at least 4 members (excludes halogenated alkanes) is 2. The molecule has 1 unspecified atom stereocenters. The average molecular weight is 454 g/mol. The summed E-state index contributed by atoms with van der Waals surface area (Å²) in [7, 11) is 3.04. The van der Waals surface area contributed by atoms with E-state index in [1.165, 1.54) is 7.11 Å². The van der Waals surface area contributed by atoms with Gasteiger partial charge in [-0.25, -0.2) is 4.79 Å². The molecule has 5 heteroatoms. The molecule has 2 aromatic carbocycles. The van der Waals surface area contributed by atoms with Crippen LogP contribution in [0.1, 0.15) is 92.8 Å². The topological polar surface area (TPSA) is 64.6 Å². The largest absolute Gasteiger partial charge is 0.496 e. The fourth-order valence-corrected chi connectivity index (χ4v) is 4.26. The number of hydrogen-bond acceptors (Lipinski definition) is 4. The second kappa shape index (κ2) is 11.9. The van der Waals surface area contributed by atoms with E-state index in [0.29, 0.717) is 17.7 Å². The Labute approximate surface area is 198 Å². The number of methoxy groups -OCH3 is 2. The zero-order chi connectivity index (χ0) is 24.6. The highest BCUT2D eigenvalue weighted by molar-refractivity contribution is 5.96. The van der Waals surface area contributed by atoms with Crippen molar-refractivity contribution in [2.24, 2.45) is 0 Å². The Morgan fingerprint density at radius 3 is 2.39 bits per heavy atom. The van der Waals surface area contributed by atoms with Gasteiger partial charge in [0.15, 0.2) is 0 Å². The third kappa shape index (κ3) is 7.08. The third-order valence-electron chi connectivity index (χ3n) is 6.00. The van der Waals surface area contributed by atoms with Crippen LogP contribution in [0.15, 0.2) is 36.4 Å². The Hall–Kier alpha value is -2.82. The molecule has 5 nitrogen and oxygen atoms in total. The van der Waals surface area contributed by atoms with Crippen molar-refractivity contribution in [1.29, 1.82) is 0 Å². The summed E-state index contributed by atoms with van der Waals surface area (Å²) in [6.45, 7) is 10.5. The Kier molecular flexibility index (Phi) is 9.51. The number of benzene rings is 2. The van der Waals surface area contributed by atoms with Crippen LogP contribution in [0.5, 0.6) is 5.75 Å². The van der Waals surface area contributed by atoms with Crippen molar-refractivity contribution in [3.8, 4) is 5.75 Å². The van der Waals surface area contributed by atoms with Gasteiger partial charge in [0.2, 0.25) is 5.91 Å². The van der Waals surface area contributed by atoms with Crippen LogP contribution in [0.3, 0.4) is 0 Å². The Bertz CT molecular complexity index is 959. The van der Waals surface area contributed by atoms with Gasteiger partial charge >= 0.3 is 5.97 Å². The third-order valence-corrected chi connectivity index (χ3v) is 6.00. The highest BCUT2D eigenvalue weighted by atomic mass is 16.5. The van der Waals surface area contributed by atoms with Crippen molar-refractivity contribution in [2.45, 2.75) is 78.1 Å². The zero-order valence-corrected chi connectivity index (χ0v) is 21.2. The number of rotatable bonds is 10. The zero-order valence-electron chi connectivity index (χ0n) is 21.2. The maximum Gasteiger partial charge on any atom is 0.337 e. The van der Waals surface area contributed by atoms with Gasteiger partial charge < -0.3 is 14.8 Å². The summed E-state index contributed by atoms with van der Waals surface area (Å²) in [5, 5.41) is 3.09. The molecule has 2 aromatic rings. The van der Waals surface area contributed by atoms with E-state index in [4.69, 9.17) is 9.47 Å². The number of para-hydroxylation sites is 1. The van der Waals surface area contributed by atoms with E-state index >= 15 is 0 Å². The lowest BCUT2D eigenvalue weighted by atomic mass is 9.84. The number of nitrogens with one attached hydrogen (secondary N) is 1. The van der Waals surface area contributed by atoms with Crippen molar-refractivity contribution in [2.75, 3.05) is 19.5 Å². The number of amides is 1.